The van der Waals surface area contributed by atoms with Crippen molar-refractivity contribution in [1.29, 1.82) is 0 Å². The topological polar surface area (TPSA) is 84.8 Å². The van der Waals surface area contributed by atoms with Gasteiger partial charge < -0.3 is 20.2 Å². The van der Waals surface area contributed by atoms with Crippen molar-refractivity contribution in [1.82, 2.24) is 25.1 Å². The lowest BCUT2D eigenvalue weighted by molar-refractivity contribution is -0.138. The van der Waals surface area contributed by atoms with Crippen molar-refractivity contribution in [2.24, 2.45) is 5.41 Å². The molecular formula is C25H31F3N6O2. The average molecular weight is 505 g/mol. The first-order valence-corrected chi connectivity index (χ1v) is 12.2. The highest BCUT2D eigenvalue weighted by Crippen LogP contribution is 2.48. The summed E-state index contributed by atoms with van der Waals surface area (Å²) in [5.74, 6) is 0.513. The fourth-order valence-corrected chi connectivity index (χ4v) is 5.99. The molecule has 36 heavy (non-hydrogen) atoms. The molecule has 3 aliphatic rings. The van der Waals surface area contributed by atoms with Crippen molar-refractivity contribution in [2.45, 2.75) is 57.5 Å². The zero-order valence-electron chi connectivity index (χ0n) is 20.4. The summed E-state index contributed by atoms with van der Waals surface area (Å²) >= 11 is 0. The number of rotatable bonds is 4. The number of aromatic nitrogens is 2. The van der Waals surface area contributed by atoms with Crippen molar-refractivity contribution < 1.29 is 23.1 Å². The summed E-state index contributed by atoms with van der Waals surface area (Å²) in [6, 6.07) is 7.07. The second-order valence-electron chi connectivity index (χ2n) is 10.6. The second kappa shape index (κ2) is 9.10. The number of piperazine rings is 1. The molecular weight excluding hydrogens is 473 g/mol. The van der Waals surface area contributed by atoms with E-state index in [9.17, 15) is 23.1 Å². The molecule has 2 aromatic rings. The first-order valence-electron chi connectivity index (χ1n) is 12.2. The van der Waals surface area contributed by atoms with E-state index in [0.717, 1.165) is 44.9 Å². The largest absolute Gasteiger partial charge is 0.508 e. The molecule has 0 unspecified atom stereocenters. The SMILES string of the molecule is C[C@@H]1CN(c2ncc(C(F)(F)F)cn2)C[C@H](C)N1C(=O)NC1CC2(C1)CN(Cc1ccc(O)cc1)C2. The normalized spacial score (nSPS) is 24.4. The van der Waals surface area contributed by atoms with Crippen molar-refractivity contribution >= 4 is 12.0 Å². The third-order valence-electron chi connectivity index (χ3n) is 7.55. The molecule has 0 bridgehead atoms. The van der Waals surface area contributed by atoms with E-state index in [1.807, 2.05) is 35.8 Å². The molecule has 1 aromatic heterocycles. The number of amides is 2. The summed E-state index contributed by atoms with van der Waals surface area (Å²) in [4.78, 5) is 26.9. The van der Waals surface area contributed by atoms with E-state index in [2.05, 4.69) is 20.2 Å². The minimum Gasteiger partial charge on any atom is -0.508 e. The lowest BCUT2D eigenvalue weighted by atomic mass is 9.60. The van der Waals surface area contributed by atoms with Gasteiger partial charge in [-0.25, -0.2) is 14.8 Å². The van der Waals surface area contributed by atoms with Crippen molar-refractivity contribution in [3.63, 3.8) is 0 Å². The number of carbonyl (C=O) groups is 1. The number of likely N-dealkylation sites (tertiary alicyclic amines) is 1. The van der Waals surface area contributed by atoms with Crippen LogP contribution in [0.15, 0.2) is 36.7 Å². The smallest absolute Gasteiger partial charge is 0.419 e. The molecule has 194 valence electrons. The quantitative estimate of drug-likeness (QED) is 0.664. The maximum Gasteiger partial charge on any atom is 0.419 e. The monoisotopic (exact) mass is 504 g/mol. The van der Waals surface area contributed by atoms with Crippen LogP contribution in [0.3, 0.4) is 0 Å². The van der Waals surface area contributed by atoms with Crippen molar-refractivity contribution in [3.8, 4) is 5.75 Å². The van der Waals surface area contributed by atoms with Gasteiger partial charge in [-0.2, -0.15) is 13.2 Å². The van der Waals surface area contributed by atoms with Gasteiger partial charge in [0.1, 0.15) is 5.75 Å². The molecule has 2 amide bonds. The predicted molar refractivity (Wildman–Crippen MR) is 127 cm³/mol. The van der Waals surface area contributed by atoms with Crippen LogP contribution in [0, 0.1) is 5.41 Å². The summed E-state index contributed by atoms with van der Waals surface area (Å²) < 4.78 is 38.4. The van der Waals surface area contributed by atoms with Crippen LogP contribution >= 0.6 is 0 Å². The fourth-order valence-electron chi connectivity index (χ4n) is 5.99. The third-order valence-corrected chi connectivity index (χ3v) is 7.55. The number of carbonyl (C=O) groups excluding carboxylic acids is 1. The highest BCUT2D eigenvalue weighted by Gasteiger charge is 2.52. The summed E-state index contributed by atoms with van der Waals surface area (Å²) in [6.45, 7) is 7.65. The number of alkyl halides is 3. The van der Waals surface area contributed by atoms with Crippen LogP contribution in [0.2, 0.25) is 0 Å². The number of nitrogens with one attached hydrogen (secondary N) is 1. The number of nitrogens with zero attached hydrogens (tertiary/aromatic N) is 5. The summed E-state index contributed by atoms with van der Waals surface area (Å²) in [6.07, 6.45) is -0.939. The molecule has 3 fully saturated rings. The van der Waals surface area contributed by atoms with E-state index in [0.29, 0.717) is 13.1 Å². The minimum atomic E-state index is -4.47. The average Bonchev–Trinajstić information content (AvgIpc) is 2.76. The minimum absolute atomic E-state index is 0.0943. The molecule has 1 aromatic carbocycles. The maximum atomic E-state index is 13.1. The molecule has 1 saturated carbocycles. The molecule has 5 rings (SSSR count). The Hall–Kier alpha value is -3.08. The first kappa shape index (κ1) is 24.6. The Morgan fingerprint density at radius 3 is 2.22 bits per heavy atom. The van der Waals surface area contributed by atoms with E-state index in [1.165, 1.54) is 5.56 Å². The Balaban J connectivity index is 1.09. The van der Waals surface area contributed by atoms with Gasteiger partial charge in [-0.3, -0.25) is 4.90 Å². The number of phenols is 1. The van der Waals surface area contributed by atoms with Crippen molar-refractivity contribution in [2.75, 3.05) is 31.1 Å². The second-order valence-corrected chi connectivity index (χ2v) is 10.6. The van der Waals surface area contributed by atoms with E-state index in [-0.39, 0.29) is 41.3 Å². The Labute approximate surface area is 208 Å². The Morgan fingerprint density at radius 1 is 1.08 bits per heavy atom. The molecule has 1 aliphatic carbocycles. The van der Waals surface area contributed by atoms with Gasteiger partial charge in [-0.05, 0) is 49.8 Å². The van der Waals surface area contributed by atoms with Gasteiger partial charge in [-0.1, -0.05) is 12.1 Å². The first-order chi connectivity index (χ1) is 17.0. The predicted octanol–water partition coefficient (Wildman–Crippen LogP) is 3.47. The Kier molecular flexibility index (Phi) is 6.22. The summed E-state index contributed by atoms with van der Waals surface area (Å²) in [7, 11) is 0. The molecule has 2 N–H and O–H groups in total. The number of hydrogen-bond donors (Lipinski definition) is 2. The number of anilines is 1. The van der Waals surface area contributed by atoms with Gasteiger partial charge >= 0.3 is 12.2 Å². The number of aromatic hydroxyl groups is 1. The Morgan fingerprint density at radius 2 is 1.67 bits per heavy atom. The van der Waals surface area contributed by atoms with Crippen LogP contribution in [0.5, 0.6) is 5.75 Å². The molecule has 2 aliphatic heterocycles. The number of phenolic OH excluding ortho intramolecular Hbond substituents is 1. The van der Waals surface area contributed by atoms with E-state index in [4.69, 9.17) is 0 Å². The van der Waals surface area contributed by atoms with Crippen molar-refractivity contribution in [3.05, 3.63) is 47.8 Å². The zero-order chi connectivity index (χ0) is 25.7. The third kappa shape index (κ3) is 4.93. The van der Waals surface area contributed by atoms with Gasteiger partial charge in [0.15, 0.2) is 0 Å². The van der Waals surface area contributed by atoms with Gasteiger partial charge in [0.25, 0.3) is 0 Å². The van der Waals surface area contributed by atoms with Crippen LogP contribution < -0.4 is 10.2 Å². The summed E-state index contributed by atoms with van der Waals surface area (Å²) in [5.41, 5.74) is 0.583. The lowest BCUT2D eigenvalue weighted by Crippen LogP contribution is -2.68. The Bertz CT molecular complexity index is 1070. The molecule has 3 heterocycles. The van der Waals surface area contributed by atoms with E-state index >= 15 is 0 Å². The van der Waals surface area contributed by atoms with Crippen LogP contribution in [0.25, 0.3) is 0 Å². The summed E-state index contributed by atoms with van der Waals surface area (Å²) in [5, 5.41) is 12.6. The van der Waals surface area contributed by atoms with Gasteiger partial charge in [0.05, 0.1) is 5.56 Å². The maximum absolute atomic E-state index is 13.1. The highest BCUT2D eigenvalue weighted by molar-refractivity contribution is 5.76. The number of halogens is 3. The molecule has 1 spiro atoms. The highest BCUT2D eigenvalue weighted by atomic mass is 19.4. The molecule has 8 nitrogen and oxygen atoms in total. The zero-order valence-corrected chi connectivity index (χ0v) is 20.4. The molecule has 2 atom stereocenters. The fraction of sp³-hybridized carbons (Fsp3) is 0.560. The molecule has 2 saturated heterocycles. The van der Waals surface area contributed by atoms with Crippen LogP contribution in [0.4, 0.5) is 23.9 Å². The van der Waals surface area contributed by atoms with Gasteiger partial charge in [0.2, 0.25) is 5.95 Å². The standard InChI is InChI=1S/C25H31F3N6O2/c1-16-11-33(22-29-9-19(10-30-22)25(26,27)28)12-17(2)34(16)23(36)31-20-7-24(8-20)14-32(15-24)13-18-3-5-21(35)6-4-18/h3-6,9-10,16-17,20,35H,7-8,11-15H2,1-2H3,(H,31,36)/t16-,17+. The van der Waals surface area contributed by atoms with Crippen LogP contribution in [0.1, 0.15) is 37.8 Å². The number of benzene rings is 1. The van der Waals surface area contributed by atoms with E-state index < -0.39 is 11.7 Å². The molecule has 11 heteroatoms. The van der Waals surface area contributed by atoms with Gasteiger partial charge in [-0.15, -0.1) is 0 Å². The van der Waals surface area contributed by atoms with E-state index in [1.54, 1.807) is 12.1 Å². The van der Waals surface area contributed by atoms with Crippen LogP contribution in [-0.4, -0.2) is 75.2 Å². The lowest BCUT2D eigenvalue weighted by Gasteiger charge is -2.59. The molecule has 0 radical (unpaired) electrons. The number of hydrogen-bond acceptors (Lipinski definition) is 6. The number of urea groups is 1. The van der Waals surface area contributed by atoms with Crippen LogP contribution in [-0.2, 0) is 12.7 Å². The van der Waals surface area contributed by atoms with Gasteiger partial charge in [0, 0.05) is 63.2 Å².